The topological polar surface area (TPSA) is 84.2 Å². The number of ether oxygens (including phenoxy) is 2. The van der Waals surface area contributed by atoms with Crippen molar-refractivity contribution in [2.45, 2.75) is 19.4 Å². The summed E-state index contributed by atoms with van der Waals surface area (Å²) >= 11 is 0. The molecule has 1 N–H and O–H groups in total. The molecule has 0 bridgehead atoms. The van der Waals surface area contributed by atoms with Crippen molar-refractivity contribution >= 4 is 35.8 Å². The predicted molar refractivity (Wildman–Crippen MR) is 119 cm³/mol. The van der Waals surface area contributed by atoms with Crippen LogP contribution in [-0.2, 0) is 21.3 Å². The van der Waals surface area contributed by atoms with Crippen molar-refractivity contribution in [2.24, 2.45) is 12.0 Å². The van der Waals surface area contributed by atoms with E-state index in [4.69, 9.17) is 9.47 Å². The molecule has 10 heteroatoms. The Labute approximate surface area is 184 Å². The number of amides is 1. The van der Waals surface area contributed by atoms with Gasteiger partial charge in [-0.1, -0.05) is 0 Å². The number of aliphatic imine (C=N–C) groups is 1. The summed E-state index contributed by atoms with van der Waals surface area (Å²) in [6, 6.07) is 0. The first kappa shape index (κ1) is 24.6. The normalized spacial score (nSPS) is 17.2. The van der Waals surface area contributed by atoms with Crippen LogP contribution in [0, 0.1) is 0 Å². The van der Waals surface area contributed by atoms with Crippen LogP contribution in [0.25, 0.3) is 0 Å². The molecule has 0 spiro atoms. The molecule has 28 heavy (non-hydrogen) atoms. The van der Waals surface area contributed by atoms with E-state index in [1.807, 2.05) is 26.4 Å². The number of halogens is 1. The fraction of sp³-hybridized carbons (Fsp3) is 0.722. The van der Waals surface area contributed by atoms with Crippen molar-refractivity contribution < 1.29 is 14.3 Å². The number of nitrogens with zero attached hydrogens (tertiary/aromatic N) is 5. The quantitative estimate of drug-likeness (QED) is 0.243. The summed E-state index contributed by atoms with van der Waals surface area (Å²) < 4.78 is 13.1. The van der Waals surface area contributed by atoms with Gasteiger partial charge in [0.15, 0.2) is 5.96 Å². The van der Waals surface area contributed by atoms with Crippen LogP contribution in [0.15, 0.2) is 17.4 Å². The second-order valence-electron chi connectivity index (χ2n) is 6.66. The molecule has 1 aromatic rings. The zero-order chi connectivity index (χ0) is 19.6. The van der Waals surface area contributed by atoms with E-state index >= 15 is 0 Å². The maximum atomic E-state index is 12.0. The fourth-order valence-electron chi connectivity index (χ4n) is 2.72. The molecule has 1 aliphatic heterocycles. The number of nitrogens with one attached hydrogen (secondary N) is 1. The number of morpholine rings is 1. The van der Waals surface area contributed by atoms with Crippen LogP contribution in [0.2, 0.25) is 0 Å². The van der Waals surface area contributed by atoms with Gasteiger partial charge in [0.2, 0.25) is 5.91 Å². The number of carbonyl (C=O) groups is 1. The molecule has 1 amide bonds. The number of hydrogen-bond acceptors (Lipinski definition) is 5. The molecular weight excluding hydrogens is 475 g/mol. The first-order valence-electron chi connectivity index (χ1n) is 9.42. The second-order valence-corrected chi connectivity index (χ2v) is 6.66. The predicted octanol–water partition coefficient (Wildman–Crippen LogP) is 0.872. The van der Waals surface area contributed by atoms with Crippen LogP contribution in [0.5, 0.6) is 0 Å². The lowest BCUT2D eigenvalue weighted by Crippen LogP contribution is -2.48. The molecular formula is C18H33IN6O3. The molecule has 2 rings (SSSR count). The van der Waals surface area contributed by atoms with Gasteiger partial charge in [-0.15, -0.1) is 24.0 Å². The Morgan fingerprint density at radius 1 is 1.50 bits per heavy atom. The molecule has 1 unspecified atom stereocenters. The molecule has 1 aliphatic rings. The van der Waals surface area contributed by atoms with Crippen molar-refractivity contribution in [3.05, 3.63) is 18.0 Å². The molecule has 9 nitrogen and oxygen atoms in total. The van der Waals surface area contributed by atoms with Crippen molar-refractivity contribution in [3.63, 3.8) is 0 Å². The van der Waals surface area contributed by atoms with Crippen molar-refractivity contribution in [1.29, 1.82) is 0 Å². The smallest absolute Gasteiger partial charge is 0.243 e. The molecule has 0 radical (unpaired) electrons. The van der Waals surface area contributed by atoms with Crippen LogP contribution in [0.4, 0.5) is 0 Å². The van der Waals surface area contributed by atoms with Gasteiger partial charge in [-0.05, 0) is 13.3 Å². The van der Waals surface area contributed by atoms with E-state index in [2.05, 4.69) is 20.3 Å². The average molecular weight is 508 g/mol. The van der Waals surface area contributed by atoms with Gasteiger partial charge in [-0.25, -0.2) is 4.99 Å². The molecule has 0 saturated carbocycles. The molecule has 1 fully saturated rings. The van der Waals surface area contributed by atoms with Crippen molar-refractivity contribution in [3.8, 4) is 0 Å². The Morgan fingerprint density at radius 2 is 2.29 bits per heavy atom. The Bertz CT molecular complexity index is 622. The molecule has 2 heterocycles. The lowest BCUT2D eigenvalue weighted by atomic mass is 10.1. The summed E-state index contributed by atoms with van der Waals surface area (Å²) in [6.07, 6.45) is 4.62. The van der Waals surface area contributed by atoms with E-state index in [9.17, 15) is 4.79 Å². The second kappa shape index (κ2) is 12.9. The number of hydrogen-bond donors (Lipinski definition) is 1. The Balaban J connectivity index is 0.00000392. The van der Waals surface area contributed by atoms with Gasteiger partial charge in [0.25, 0.3) is 0 Å². The zero-order valence-corrected chi connectivity index (χ0v) is 19.6. The zero-order valence-electron chi connectivity index (χ0n) is 17.3. The largest absolute Gasteiger partial charge is 0.382 e. The summed E-state index contributed by atoms with van der Waals surface area (Å²) in [5, 5.41) is 7.60. The van der Waals surface area contributed by atoms with Crippen LogP contribution < -0.4 is 5.32 Å². The monoisotopic (exact) mass is 508 g/mol. The Kier molecular flexibility index (Phi) is 11.4. The van der Waals surface area contributed by atoms with Gasteiger partial charge < -0.3 is 24.6 Å². The highest BCUT2D eigenvalue weighted by atomic mass is 127. The lowest BCUT2D eigenvalue weighted by molar-refractivity contribution is -0.127. The Morgan fingerprint density at radius 3 is 2.93 bits per heavy atom. The minimum atomic E-state index is -0.0626. The number of aryl methyl sites for hydroxylation is 1. The average Bonchev–Trinajstić information content (AvgIpc) is 3.10. The lowest BCUT2D eigenvalue weighted by Gasteiger charge is -2.35. The third-order valence-corrected chi connectivity index (χ3v) is 4.28. The van der Waals surface area contributed by atoms with E-state index in [1.54, 1.807) is 23.7 Å². The van der Waals surface area contributed by atoms with E-state index in [0.717, 1.165) is 31.0 Å². The minimum absolute atomic E-state index is 0. The Hall–Kier alpha value is -1.40. The van der Waals surface area contributed by atoms with E-state index in [0.29, 0.717) is 26.4 Å². The van der Waals surface area contributed by atoms with E-state index < -0.39 is 0 Å². The van der Waals surface area contributed by atoms with E-state index in [1.165, 1.54) is 0 Å². The first-order valence-corrected chi connectivity index (χ1v) is 9.42. The third-order valence-electron chi connectivity index (χ3n) is 4.28. The molecule has 1 aromatic heterocycles. The summed E-state index contributed by atoms with van der Waals surface area (Å²) in [6.45, 7) is 6.26. The summed E-state index contributed by atoms with van der Waals surface area (Å²) in [7, 11) is 5.37. The van der Waals surface area contributed by atoms with E-state index in [-0.39, 0.29) is 42.5 Å². The van der Waals surface area contributed by atoms with Gasteiger partial charge in [0, 0.05) is 59.2 Å². The summed E-state index contributed by atoms with van der Waals surface area (Å²) in [4.78, 5) is 20.2. The highest BCUT2D eigenvalue weighted by molar-refractivity contribution is 14.0. The van der Waals surface area contributed by atoms with Crippen LogP contribution in [-0.4, -0.2) is 91.5 Å². The number of rotatable bonds is 8. The van der Waals surface area contributed by atoms with Crippen molar-refractivity contribution in [2.75, 3.05) is 60.1 Å². The van der Waals surface area contributed by atoms with Gasteiger partial charge in [0.1, 0.15) is 12.6 Å². The van der Waals surface area contributed by atoms with Crippen LogP contribution in [0.3, 0.4) is 0 Å². The van der Waals surface area contributed by atoms with Gasteiger partial charge in [0.05, 0.1) is 19.3 Å². The maximum Gasteiger partial charge on any atom is 0.243 e. The molecule has 160 valence electrons. The number of guanidine groups is 1. The van der Waals surface area contributed by atoms with Crippen LogP contribution in [0.1, 0.15) is 25.0 Å². The third kappa shape index (κ3) is 7.92. The number of likely N-dealkylation sites (N-methyl/N-ethyl adjacent to an activating group) is 1. The van der Waals surface area contributed by atoms with Gasteiger partial charge in [-0.3, -0.25) is 9.48 Å². The molecule has 1 atom stereocenters. The fourth-order valence-corrected chi connectivity index (χ4v) is 2.72. The standard InChI is InChI=1S/C18H32N6O3.HI/c1-5-26-9-6-7-19-18(20-12-17(25)22(2)3)24-8-10-27-16(14-24)15-11-21-23(4)13-15;/h11,13,16H,5-10,12,14H2,1-4H3,(H,19,20);1H. The first-order chi connectivity index (χ1) is 13.0. The highest BCUT2D eigenvalue weighted by Crippen LogP contribution is 2.21. The highest BCUT2D eigenvalue weighted by Gasteiger charge is 2.25. The van der Waals surface area contributed by atoms with Gasteiger partial charge >= 0.3 is 0 Å². The minimum Gasteiger partial charge on any atom is -0.382 e. The molecule has 1 saturated heterocycles. The SMILES string of the molecule is CCOCCCNC(=NCC(=O)N(C)C)N1CCOC(c2cnn(C)c2)C1.I. The van der Waals surface area contributed by atoms with Crippen LogP contribution >= 0.6 is 24.0 Å². The number of carbonyl (C=O) groups excluding carboxylic acids is 1. The molecule has 0 aromatic carbocycles. The van der Waals surface area contributed by atoms with Crippen molar-refractivity contribution in [1.82, 2.24) is 24.9 Å². The van der Waals surface area contributed by atoms with Gasteiger partial charge in [-0.2, -0.15) is 5.10 Å². The molecule has 0 aliphatic carbocycles. The maximum absolute atomic E-state index is 12.0. The summed E-state index contributed by atoms with van der Waals surface area (Å²) in [5.74, 6) is 0.708. The number of aromatic nitrogens is 2. The summed E-state index contributed by atoms with van der Waals surface area (Å²) in [5.41, 5.74) is 1.04.